The van der Waals surface area contributed by atoms with E-state index < -0.39 is 0 Å². The van der Waals surface area contributed by atoms with Gasteiger partial charge in [0.2, 0.25) is 0 Å². The summed E-state index contributed by atoms with van der Waals surface area (Å²) in [6.07, 6.45) is 3.17. The Hall–Kier alpha value is -3.37. The average Bonchev–Trinajstić information content (AvgIpc) is 3.33. The Labute approximate surface area is 170 Å². The molecule has 0 bridgehead atoms. The van der Waals surface area contributed by atoms with Crippen LogP contribution in [0.25, 0.3) is 21.9 Å². The highest BCUT2D eigenvalue weighted by Gasteiger charge is 2.08. The van der Waals surface area contributed by atoms with Gasteiger partial charge in [0, 0.05) is 43.2 Å². The first-order valence-corrected chi connectivity index (χ1v) is 10.1. The molecule has 0 saturated heterocycles. The highest BCUT2D eigenvalue weighted by Crippen LogP contribution is 2.22. The van der Waals surface area contributed by atoms with Crippen molar-refractivity contribution in [2.24, 2.45) is 0 Å². The van der Waals surface area contributed by atoms with Crippen LogP contribution in [-0.2, 0) is 19.5 Å². The van der Waals surface area contributed by atoms with Crippen LogP contribution < -0.4 is 5.32 Å². The van der Waals surface area contributed by atoms with Gasteiger partial charge in [-0.15, -0.1) is 0 Å². The lowest BCUT2D eigenvalue weighted by atomic mass is 10.2. The molecule has 0 atom stereocenters. The molecule has 0 fully saturated rings. The lowest BCUT2D eigenvalue weighted by molar-refractivity contribution is 0.674. The molecule has 2 aromatic heterocycles. The molecule has 144 valence electrons. The molecule has 5 rings (SSSR count). The van der Waals surface area contributed by atoms with E-state index in [0.29, 0.717) is 0 Å². The van der Waals surface area contributed by atoms with E-state index in [1.165, 1.54) is 22.0 Å². The maximum atomic E-state index is 4.66. The molecule has 0 amide bonds. The van der Waals surface area contributed by atoms with Gasteiger partial charge in [-0.25, -0.2) is 4.98 Å². The Kier molecular flexibility index (Phi) is 4.85. The van der Waals surface area contributed by atoms with Crippen molar-refractivity contribution < 1.29 is 0 Å². The minimum absolute atomic E-state index is 0.850. The van der Waals surface area contributed by atoms with Crippen molar-refractivity contribution in [1.29, 1.82) is 0 Å². The predicted octanol–water partition coefficient (Wildman–Crippen LogP) is 4.90. The summed E-state index contributed by atoms with van der Waals surface area (Å²) in [4.78, 5) is 8.06. The van der Waals surface area contributed by atoms with Gasteiger partial charge in [0.25, 0.3) is 0 Å². The van der Waals surface area contributed by atoms with Crippen LogP contribution in [0.4, 0.5) is 0 Å². The number of nitrogens with zero attached hydrogens (tertiary/aromatic N) is 2. The van der Waals surface area contributed by atoms with Gasteiger partial charge in [0.1, 0.15) is 5.82 Å². The molecule has 3 aromatic carbocycles. The fourth-order valence-electron chi connectivity index (χ4n) is 3.93. The van der Waals surface area contributed by atoms with Crippen molar-refractivity contribution in [3.05, 3.63) is 102 Å². The van der Waals surface area contributed by atoms with Crippen LogP contribution >= 0.6 is 0 Å². The summed E-state index contributed by atoms with van der Waals surface area (Å²) in [7, 11) is 0. The van der Waals surface area contributed by atoms with Crippen molar-refractivity contribution in [2.75, 3.05) is 6.54 Å². The number of nitrogens with one attached hydrogen (secondary N) is 2. The highest BCUT2D eigenvalue weighted by atomic mass is 15.0. The number of fused-ring (bicyclic) bond motifs is 2. The Morgan fingerprint density at radius 3 is 2.55 bits per heavy atom. The van der Waals surface area contributed by atoms with Gasteiger partial charge < -0.3 is 14.9 Å². The van der Waals surface area contributed by atoms with Gasteiger partial charge in [-0.3, -0.25) is 0 Å². The van der Waals surface area contributed by atoms with E-state index in [0.717, 1.165) is 42.9 Å². The fraction of sp³-hybridized carbons (Fsp3) is 0.160. The van der Waals surface area contributed by atoms with Crippen LogP contribution in [0.2, 0.25) is 0 Å². The Bertz CT molecular complexity index is 1200. The molecule has 4 nitrogen and oxygen atoms in total. The van der Waals surface area contributed by atoms with Crippen LogP contribution in [0, 0.1) is 0 Å². The molecule has 4 heteroatoms. The smallest absolute Gasteiger partial charge is 0.108 e. The molecule has 0 spiro atoms. The minimum Gasteiger partial charge on any atom is -0.343 e. The second-order valence-electron chi connectivity index (χ2n) is 7.41. The molecule has 0 aliphatic heterocycles. The fourth-order valence-corrected chi connectivity index (χ4v) is 3.93. The number of imidazole rings is 1. The molecule has 0 aliphatic carbocycles. The zero-order chi connectivity index (χ0) is 19.5. The van der Waals surface area contributed by atoms with Crippen LogP contribution in [0.1, 0.15) is 17.0 Å². The third-order valence-electron chi connectivity index (χ3n) is 5.36. The summed E-state index contributed by atoms with van der Waals surface area (Å²) in [6, 6.07) is 27.5. The van der Waals surface area contributed by atoms with E-state index in [1.807, 2.05) is 18.2 Å². The molecule has 29 heavy (non-hydrogen) atoms. The first-order chi connectivity index (χ1) is 14.4. The molecule has 0 unspecified atom stereocenters. The van der Waals surface area contributed by atoms with Crippen LogP contribution in [0.5, 0.6) is 0 Å². The molecular formula is C25H24N4. The number of rotatable bonds is 7. The molecular weight excluding hydrogens is 356 g/mol. The number of hydrogen-bond acceptors (Lipinski definition) is 2. The second-order valence-corrected chi connectivity index (χ2v) is 7.41. The van der Waals surface area contributed by atoms with Crippen LogP contribution in [0.15, 0.2) is 85.1 Å². The molecule has 0 saturated carbocycles. The van der Waals surface area contributed by atoms with E-state index in [2.05, 4.69) is 86.7 Å². The molecule has 2 N–H and O–H groups in total. The number of aromatic amines is 1. The number of para-hydroxylation sites is 3. The zero-order valence-electron chi connectivity index (χ0n) is 16.3. The predicted molar refractivity (Wildman–Crippen MR) is 119 cm³/mol. The molecule has 5 aromatic rings. The zero-order valence-corrected chi connectivity index (χ0v) is 16.3. The van der Waals surface area contributed by atoms with Gasteiger partial charge >= 0.3 is 0 Å². The Morgan fingerprint density at radius 2 is 1.66 bits per heavy atom. The Morgan fingerprint density at radius 1 is 0.862 bits per heavy atom. The topological polar surface area (TPSA) is 45.6 Å². The lowest BCUT2D eigenvalue weighted by Crippen LogP contribution is -2.17. The monoisotopic (exact) mass is 380 g/mol. The summed E-state index contributed by atoms with van der Waals surface area (Å²) < 4.78 is 2.35. The number of benzene rings is 3. The Balaban J connectivity index is 1.27. The number of H-pyrrole nitrogens is 1. The molecule has 2 heterocycles. The maximum absolute atomic E-state index is 4.66. The van der Waals surface area contributed by atoms with Gasteiger partial charge in [0.15, 0.2) is 0 Å². The van der Waals surface area contributed by atoms with E-state index >= 15 is 0 Å². The normalized spacial score (nSPS) is 11.4. The van der Waals surface area contributed by atoms with Crippen molar-refractivity contribution in [3.63, 3.8) is 0 Å². The summed E-state index contributed by atoms with van der Waals surface area (Å²) in [6.45, 7) is 2.63. The summed E-state index contributed by atoms with van der Waals surface area (Å²) in [5.74, 6) is 1.03. The van der Waals surface area contributed by atoms with Crippen molar-refractivity contribution in [1.82, 2.24) is 19.9 Å². The third-order valence-corrected chi connectivity index (χ3v) is 5.36. The molecule has 0 aliphatic rings. The van der Waals surface area contributed by atoms with Crippen molar-refractivity contribution in [3.8, 4) is 0 Å². The third kappa shape index (κ3) is 3.80. The van der Waals surface area contributed by atoms with Crippen molar-refractivity contribution >= 4 is 21.9 Å². The average molecular weight is 380 g/mol. The minimum atomic E-state index is 0.850. The standard InChI is InChI=1S/C25H24N4/c1-2-8-19(9-3-1)17-29-18-20(21-10-4-7-13-24(21)29)16-26-15-14-25-27-22-11-5-6-12-23(22)28-25/h1-13,18,26H,14-17H2,(H,27,28). The maximum Gasteiger partial charge on any atom is 0.108 e. The van der Waals surface area contributed by atoms with Gasteiger partial charge in [0.05, 0.1) is 11.0 Å². The number of aromatic nitrogens is 3. The quantitative estimate of drug-likeness (QED) is 0.395. The van der Waals surface area contributed by atoms with Gasteiger partial charge in [-0.05, 0) is 29.3 Å². The van der Waals surface area contributed by atoms with Crippen LogP contribution in [0.3, 0.4) is 0 Å². The summed E-state index contributed by atoms with van der Waals surface area (Å²) in [5.41, 5.74) is 6.07. The van der Waals surface area contributed by atoms with E-state index in [9.17, 15) is 0 Å². The highest BCUT2D eigenvalue weighted by molar-refractivity contribution is 5.84. The lowest BCUT2D eigenvalue weighted by Gasteiger charge is -2.05. The summed E-state index contributed by atoms with van der Waals surface area (Å²) >= 11 is 0. The van der Waals surface area contributed by atoms with E-state index in [-0.39, 0.29) is 0 Å². The van der Waals surface area contributed by atoms with E-state index in [1.54, 1.807) is 0 Å². The number of hydrogen-bond donors (Lipinski definition) is 2. The second kappa shape index (κ2) is 7.94. The van der Waals surface area contributed by atoms with Gasteiger partial charge in [-0.2, -0.15) is 0 Å². The summed E-state index contributed by atoms with van der Waals surface area (Å²) in [5, 5.41) is 4.91. The SMILES string of the molecule is c1ccc(Cn2cc(CNCCc3nc4ccccc4[nH]3)c3ccccc32)cc1. The van der Waals surface area contributed by atoms with Gasteiger partial charge in [-0.1, -0.05) is 60.7 Å². The first-order valence-electron chi connectivity index (χ1n) is 10.1. The van der Waals surface area contributed by atoms with Crippen LogP contribution in [-0.4, -0.2) is 21.1 Å². The largest absolute Gasteiger partial charge is 0.343 e. The van der Waals surface area contributed by atoms with Crippen molar-refractivity contribution in [2.45, 2.75) is 19.5 Å². The molecule has 0 radical (unpaired) electrons. The van der Waals surface area contributed by atoms with E-state index in [4.69, 9.17) is 0 Å². The first kappa shape index (κ1) is 17.7.